The van der Waals surface area contributed by atoms with Crippen molar-refractivity contribution in [3.63, 3.8) is 0 Å². The van der Waals surface area contributed by atoms with Gasteiger partial charge in [0.15, 0.2) is 0 Å². The summed E-state index contributed by atoms with van der Waals surface area (Å²) in [6.45, 7) is 5.64. The van der Waals surface area contributed by atoms with Gasteiger partial charge in [-0.3, -0.25) is 0 Å². The van der Waals surface area contributed by atoms with Crippen LogP contribution in [0.2, 0.25) is 0 Å². The van der Waals surface area contributed by atoms with Crippen LogP contribution in [0.1, 0.15) is 38.4 Å². The van der Waals surface area contributed by atoms with Crippen molar-refractivity contribution in [2.45, 2.75) is 32.8 Å². The number of nitrogens with zero attached hydrogens (tertiary/aromatic N) is 1. The lowest BCUT2D eigenvalue weighted by Gasteiger charge is -2.24. The van der Waals surface area contributed by atoms with Crippen molar-refractivity contribution >= 4 is 21.6 Å². The number of aliphatic hydroxyl groups excluding tert-OH is 2. The number of benzene rings is 1. The van der Waals surface area contributed by atoms with E-state index in [9.17, 15) is 5.11 Å². The third-order valence-electron chi connectivity index (χ3n) is 2.95. The molecule has 0 aliphatic heterocycles. The van der Waals surface area contributed by atoms with Crippen molar-refractivity contribution in [1.82, 2.24) is 0 Å². The van der Waals surface area contributed by atoms with Gasteiger partial charge in [-0.2, -0.15) is 0 Å². The summed E-state index contributed by atoms with van der Waals surface area (Å²) < 4.78 is 0.912. The first-order chi connectivity index (χ1) is 8.60. The minimum absolute atomic E-state index is 0.152. The van der Waals surface area contributed by atoms with Crippen molar-refractivity contribution in [1.29, 1.82) is 0 Å². The van der Waals surface area contributed by atoms with Crippen molar-refractivity contribution in [3.05, 3.63) is 28.2 Å². The van der Waals surface area contributed by atoms with Gasteiger partial charge in [0.25, 0.3) is 0 Å². The van der Waals surface area contributed by atoms with Crippen LogP contribution in [0.4, 0.5) is 5.69 Å². The zero-order valence-electron chi connectivity index (χ0n) is 11.1. The summed E-state index contributed by atoms with van der Waals surface area (Å²) in [6.07, 6.45) is 1.76. The van der Waals surface area contributed by atoms with Crippen LogP contribution in [-0.4, -0.2) is 29.9 Å². The van der Waals surface area contributed by atoms with Crippen LogP contribution < -0.4 is 4.90 Å². The Hall–Kier alpha value is -0.580. The van der Waals surface area contributed by atoms with Crippen molar-refractivity contribution in [2.24, 2.45) is 0 Å². The molecular weight excluding hydrogens is 294 g/mol. The maximum atomic E-state index is 9.60. The third-order valence-corrected chi connectivity index (χ3v) is 3.64. The zero-order chi connectivity index (χ0) is 13.5. The maximum Gasteiger partial charge on any atom is 0.0772 e. The molecule has 102 valence electrons. The second kappa shape index (κ2) is 7.77. The minimum Gasteiger partial charge on any atom is -0.395 e. The molecule has 1 atom stereocenters. The molecule has 0 saturated carbocycles. The summed E-state index contributed by atoms with van der Waals surface area (Å²) in [5.74, 6) is 0. The fraction of sp³-hybridized carbons (Fsp3) is 0.571. The predicted octanol–water partition coefficient (Wildman–Crippen LogP) is 3.10. The molecule has 0 aliphatic rings. The Morgan fingerprint density at radius 2 is 2.06 bits per heavy atom. The molecule has 18 heavy (non-hydrogen) atoms. The molecule has 1 unspecified atom stereocenters. The second-order valence-electron chi connectivity index (χ2n) is 4.45. The molecular formula is C14H22BrNO2. The molecule has 3 nitrogen and oxygen atoms in total. The molecule has 0 heterocycles. The topological polar surface area (TPSA) is 43.7 Å². The molecule has 0 bridgehead atoms. The van der Waals surface area contributed by atoms with E-state index in [2.05, 4.69) is 27.8 Å². The van der Waals surface area contributed by atoms with Gasteiger partial charge in [-0.1, -0.05) is 35.3 Å². The number of halogens is 1. The fourth-order valence-corrected chi connectivity index (χ4v) is 2.59. The Labute approximate surface area is 118 Å². The molecule has 0 amide bonds. The van der Waals surface area contributed by atoms with E-state index in [1.807, 2.05) is 18.2 Å². The maximum absolute atomic E-state index is 9.60. The standard InChI is InChI=1S/C14H22BrNO2/c1-3-4-7-16(8-9-17)12-5-6-13(11(2)18)14(15)10-12/h5-6,10-11,17-18H,3-4,7-9H2,1-2H3. The highest BCUT2D eigenvalue weighted by Crippen LogP contribution is 2.28. The Kier molecular flexibility index (Phi) is 6.68. The molecule has 1 rings (SSSR count). The van der Waals surface area contributed by atoms with Crippen LogP contribution in [0.25, 0.3) is 0 Å². The predicted molar refractivity (Wildman–Crippen MR) is 79.0 cm³/mol. The lowest BCUT2D eigenvalue weighted by Crippen LogP contribution is -2.27. The van der Waals surface area contributed by atoms with E-state index in [1.165, 1.54) is 0 Å². The average Bonchev–Trinajstić information content (AvgIpc) is 2.33. The van der Waals surface area contributed by atoms with Crippen molar-refractivity contribution in [3.8, 4) is 0 Å². The smallest absolute Gasteiger partial charge is 0.0772 e. The minimum atomic E-state index is -0.477. The number of anilines is 1. The summed E-state index contributed by atoms with van der Waals surface area (Å²) in [5, 5.41) is 18.7. The number of hydrogen-bond donors (Lipinski definition) is 2. The molecule has 0 radical (unpaired) electrons. The van der Waals surface area contributed by atoms with E-state index in [4.69, 9.17) is 5.11 Å². The van der Waals surface area contributed by atoms with Crippen LogP contribution in [0.3, 0.4) is 0 Å². The molecule has 0 aromatic heterocycles. The monoisotopic (exact) mass is 315 g/mol. The van der Waals surface area contributed by atoms with Crippen LogP contribution in [0.15, 0.2) is 22.7 Å². The normalized spacial score (nSPS) is 12.5. The molecule has 1 aromatic carbocycles. The fourth-order valence-electron chi connectivity index (χ4n) is 1.89. The first kappa shape index (κ1) is 15.5. The summed E-state index contributed by atoms with van der Waals surface area (Å²) in [7, 11) is 0. The summed E-state index contributed by atoms with van der Waals surface area (Å²) in [4.78, 5) is 2.17. The second-order valence-corrected chi connectivity index (χ2v) is 5.30. The van der Waals surface area contributed by atoms with Gasteiger partial charge in [0.05, 0.1) is 12.7 Å². The zero-order valence-corrected chi connectivity index (χ0v) is 12.7. The van der Waals surface area contributed by atoms with Gasteiger partial charge in [0.2, 0.25) is 0 Å². The Balaban J connectivity index is 2.88. The molecule has 1 aromatic rings. The average molecular weight is 316 g/mol. The highest BCUT2D eigenvalue weighted by molar-refractivity contribution is 9.10. The Bertz CT molecular complexity index is 369. The summed E-state index contributed by atoms with van der Waals surface area (Å²) >= 11 is 3.49. The highest BCUT2D eigenvalue weighted by atomic mass is 79.9. The SMILES string of the molecule is CCCCN(CCO)c1ccc(C(C)O)c(Br)c1. The number of unbranched alkanes of at least 4 members (excludes halogenated alkanes) is 1. The van der Waals surface area contributed by atoms with Crippen molar-refractivity contribution < 1.29 is 10.2 Å². The summed E-state index contributed by atoms with van der Waals surface area (Å²) in [5.41, 5.74) is 1.96. The first-order valence-corrected chi connectivity index (χ1v) is 7.22. The Morgan fingerprint density at radius 1 is 1.33 bits per heavy atom. The van der Waals surface area contributed by atoms with Gasteiger partial charge in [-0.15, -0.1) is 0 Å². The van der Waals surface area contributed by atoms with Crippen LogP contribution in [0.5, 0.6) is 0 Å². The van der Waals surface area contributed by atoms with Crippen LogP contribution in [-0.2, 0) is 0 Å². The van der Waals surface area contributed by atoms with E-state index >= 15 is 0 Å². The van der Waals surface area contributed by atoms with Gasteiger partial charge in [-0.25, -0.2) is 0 Å². The molecule has 2 N–H and O–H groups in total. The van der Waals surface area contributed by atoms with Crippen LogP contribution in [0, 0.1) is 0 Å². The first-order valence-electron chi connectivity index (χ1n) is 6.43. The molecule has 0 aliphatic carbocycles. The quantitative estimate of drug-likeness (QED) is 0.812. The summed E-state index contributed by atoms with van der Waals surface area (Å²) in [6, 6.07) is 5.94. The lowest BCUT2D eigenvalue weighted by molar-refractivity contribution is 0.198. The molecule has 0 saturated heterocycles. The number of aliphatic hydroxyl groups is 2. The molecule has 0 spiro atoms. The largest absolute Gasteiger partial charge is 0.395 e. The molecule has 4 heteroatoms. The van der Waals surface area contributed by atoms with Gasteiger partial charge in [0, 0.05) is 23.2 Å². The van der Waals surface area contributed by atoms with E-state index in [0.29, 0.717) is 6.54 Å². The highest BCUT2D eigenvalue weighted by Gasteiger charge is 2.10. The number of hydrogen-bond acceptors (Lipinski definition) is 3. The lowest BCUT2D eigenvalue weighted by atomic mass is 10.1. The van der Waals surface area contributed by atoms with Gasteiger partial charge in [-0.05, 0) is 31.0 Å². The van der Waals surface area contributed by atoms with E-state index in [-0.39, 0.29) is 6.61 Å². The number of rotatable bonds is 7. The molecule has 0 fully saturated rings. The third kappa shape index (κ3) is 4.26. The Morgan fingerprint density at radius 3 is 2.56 bits per heavy atom. The van der Waals surface area contributed by atoms with E-state index in [1.54, 1.807) is 6.92 Å². The van der Waals surface area contributed by atoms with E-state index < -0.39 is 6.10 Å². The van der Waals surface area contributed by atoms with Gasteiger partial charge in [0.1, 0.15) is 0 Å². The van der Waals surface area contributed by atoms with E-state index in [0.717, 1.165) is 35.1 Å². The van der Waals surface area contributed by atoms with Crippen LogP contribution >= 0.6 is 15.9 Å². The van der Waals surface area contributed by atoms with Crippen molar-refractivity contribution in [2.75, 3.05) is 24.6 Å². The van der Waals surface area contributed by atoms with Gasteiger partial charge < -0.3 is 15.1 Å². The van der Waals surface area contributed by atoms with Gasteiger partial charge >= 0.3 is 0 Å².